The van der Waals surface area contributed by atoms with Crippen molar-refractivity contribution in [2.24, 2.45) is 0 Å². The largest absolute Gasteiger partial charge is 0.494 e. The molecule has 2 aromatic carbocycles. The van der Waals surface area contributed by atoms with Gasteiger partial charge in [-0.1, -0.05) is 30.3 Å². The lowest BCUT2D eigenvalue weighted by Crippen LogP contribution is -2.60. The number of fused-ring (bicyclic) bond motifs is 1. The van der Waals surface area contributed by atoms with Crippen LogP contribution in [-0.4, -0.2) is 29.2 Å². The molecule has 0 fully saturated rings. The van der Waals surface area contributed by atoms with Gasteiger partial charge in [-0.3, -0.25) is 14.5 Å². The molecule has 1 unspecified atom stereocenters. The van der Waals surface area contributed by atoms with E-state index in [1.807, 2.05) is 62.4 Å². The number of hydrogen-bond donors (Lipinski definition) is 1. The van der Waals surface area contributed by atoms with Crippen LogP contribution in [0.4, 0.5) is 11.4 Å². The number of ether oxygens (including phenoxy) is 1. The highest BCUT2D eigenvalue weighted by molar-refractivity contribution is 7.99. The molecule has 148 valence electrons. The van der Waals surface area contributed by atoms with Crippen LogP contribution >= 0.6 is 11.8 Å². The summed E-state index contributed by atoms with van der Waals surface area (Å²) in [4.78, 5) is 27.6. The van der Waals surface area contributed by atoms with Gasteiger partial charge >= 0.3 is 0 Å². The van der Waals surface area contributed by atoms with Crippen molar-refractivity contribution in [3.8, 4) is 5.75 Å². The number of thioether (sulfide) groups is 1. The Balaban J connectivity index is 1.80. The minimum atomic E-state index is -0.955. The van der Waals surface area contributed by atoms with Crippen LogP contribution in [-0.2, 0) is 15.3 Å². The van der Waals surface area contributed by atoms with Gasteiger partial charge in [-0.15, -0.1) is 11.8 Å². The molecule has 2 amide bonds. The lowest BCUT2D eigenvalue weighted by Gasteiger charge is -2.43. The maximum absolute atomic E-state index is 13.3. The number of benzene rings is 2. The Bertz CT molecular complexity index is 882. The third-order valence-electron chi connectivity index (χ3n) is 4.84. The normalized spacial score (nSPS) is 16.1. The third kappa shape index (κ3) is 3.87. The molecule has 1 heterocycles. The number of anilines is 2. The van der Waals surface area contributed by atoms with E-state index in [0.717, 1.165) is 17.0 Å². The average Bonchev–Trinajstić information content (AvgIpc) is 2.67. The summed E-state index contributed by atoms with van der Waals surface area (Å²) in [5.74, 6) is 1.25. The second-order valence-electron chi connectivity index (χ2n) is 7.20. The molecule has 28 heavy (non-hydrogen) atoms. The van der Waals surface area contributed by atoms with E-state index in [9.17, 15) is 9.59 Å². The zero-order valence-electron chi connectivity index (χ0n) is 16.7. The van der Waals surface area contributed by atoms with Crippen LogP contribution in [0.2, 0.25) is 0 Å². The molecule has 1 aliphatic heterocycles. The van der Waals surface area contributed by atoms with E-state index in [0.29, 0.717) is 18.0 Å². The first-order valence-corrected chi connectivity index (χ1v) is 10.5. The average molecular weight is 399 g/mol. The van der Waals surface area contributed by atoms with Crippen LogP contribution in [0.3, 0.4) is 0 Å². The van der Waals surface area contributed by atoms with Crippen molar-refractivity contribution in [1.82, 2.24) is 0 Å². The Morgan fingerprint density at radius 1 is 1.18 bits per heavy atom. The van der Waals surface area contributed by atoms with Gasteiger partial charge in [0.1, 0.15) is 11.3 Å². The van der Waals surface area contributed by atoms with Crippen LogP contribution in [0.1, 0.15) is 33.3 Å². The third-order valence-corrected chi connectivity index (χ3v) is 6.02. The summed E-state index contributed by atoms with van der Waals surface area (Å²) in [7, 11) is 0. The summed E-state index contributed by atoms with van der Waals surface area (Å²) in [6, 6.07) is 15.3. The quantitative estimate of drug-likeness (QED) is 0.780. The van der Waals surface area contributed by atoms with E-state index in [4.69, 9.17) is 4.74 Å². The zero-order valence-corrected chi connectivity index (χ0v) is 17.5. The molecule has 3 rings (SSSR count). The van der Waals surface area contributed by atoms with Gasteiger partial charge in [0.15, 0.2) is 0 Å². The summed E-state index contributed by atoms with van der Waals surface area (Å²) < 4.78 is 5.68. The van der Waals surface area contributed by atoms with Crippen LogP contribution in [0.5, 0.6) is 5.75 Å². The van der Waals surface area contributed by atoms with Crippen LogP contribution in [0, 0.1) is 0 Å². The lowest BCUT2D eigenvalue weighted by molar-refractivity contribution is -0.126. The molecule has 1 atom stereocenters. The molecule has 2 aromatic rings. The molecule has 1 N–H and O–H groups in total. The highest BCUT2D eigenvalue weighted by Gasteiger charge is 2.44. The standard InChI is InChI=1S/C22H26N2O3S/c1-5-27-19-13-9-6-10-16(19)14-28-15(2)20(25)24-18-12-8-7-11-17(18)23-21(26)22(24,3)4/h6-13,15H,5,14H2,1-4H3,(H,23,26). The topological polar surface area (TPSA) is 58.6 Å². The SMILES string of the molecule is CCOc1ccccc1CSC(C)C(=O)N1c2ccccc2NC(=O)C1(C)C. The molecule has 0 saturated carbocycles. The van der Waals surface area contributed by atoms with Gasteiger partial charge in [0.2, 0.25) is 11.8 Å². The number of nitrogens with one attached hydrogen (secondary N) is 1. The van der Waals surface area contributed by atoms with Gasteiger partial charge < -0.3 is 10.1 Å². The molecule has 0 aromatic heterocycles. The molecule has 1 aliphatic rings. The molecular formula is C22H26N2O3S. The zero-order chi connectivity index (χ0) is 20.3. The minimum absolute atomic E-state index is 0.0776. The molecule has 5 nitrogen and oxygen atoms in total. The summed E-state index contributed by atoms with van der Waals surface area (Å²) in [6.45, 7) is 8.00. The highest BCUT2D eigenvalue weighted by atomic mass is 32.2. The second-order valence-corrected chi connectivity index (χ2v) is 8.53. The van der Waals surface area contributed by atoms with Crippen molar-refractivity contribution in [2.75, 3.05) is 16.8 Å². The van der Waals surface area contributed by atoms with Crippen molar-refractivity contribution >= 4 is 35.0 Å². The Morgan fingerprint density at radius 2 is 1.86 bits per heavy atom. The van der Waals surface area contributed by atoms with Gasteiger partial charge in [-0.2, -0.15) is 0 Å². The summed E-state index contributed by atoms with van der Waals surface area (Å²) in [6.07, 6.45) is 0. The lowest BCUT2D eigenvalue weighted by atomic mass is 9.96. The van der Waals surface area contributed by atoms with Crippen LogP contribution in [0.25, 0.3) is 0 Å². The van der Waals surface area contributed by atoms with Crippen LogP contribution < -0.4 is 15.0 Å². The Hall–Kier alpha value is -2.47. The maximum atomic E-state index is 13.3. The van der Waals surface area contributed by atoms with Crippen molar-refractivity contribution in [1.29, 1.82) is 0 Å². The van der Waals surface area contributed by atoms with Crippen molar-refractivity contribution in [2.45, 2.75) is 44.2 Å². The minimum Gasteiger partial charge on any atom is -0.494 e. The monoisotopic (exact) mass is 398 g/mol. The second kappa shape index (κ2) is 8.27. The first-order chi connectivity index (χ1) is 13.4. The van der Waals surface area contributed by atoms with Crippen molar-refractivity contribution < 1.29 is 14.3 Å². The molecule has 0 bridgehead atoms. The molecular weight excluding hydrogens is 372 g/mol. The molecule has 0 radical (unpaired) electrons. The fourth-order valence-electron chi connectivity index (χ4n) is 3.23. The summed E-state index contributed by atoms with van der Waals surface area (Å²) >= 11 is 1.54. The Labute approximate surface area is 170 Å². The predicted octanol–water partition coefficient (Wildman–Crippen LogP) is 4.47. The van der Waals surface area contributed by atoms with Gasteiger partial charge in [0.05, 0.1) is 23.2 Å². The van der Waals surface area contributed by atoms with E-state index in [1.54, 1.807) is 30.5 Å². The number of rotatable bonds is 6. The van der Waals surface area contributed by atoms with Crippen molar-refractivity contribution in [3.05, 3.63) is 54.1 Å². The van der Waals surface area contributed by atoms with Gasteiger partial charge in [-0.25, -0.2) is 0 Å². The van der Waals surface area contributed by atoms with Gasteiger partial charge in [0, 0.05) is 11.3 Å². The Kier molecular flexibility index (Phi) is 5.98. The summed E-state index contributed by atoms with van der Waals surface area (Å²) in [5.41, 5.74) is 1.51. The van der Waals surface area contributed by atoms with E-state index in [1.165, 1.54) is 0 Å². The number of amides is 2. The Morgan fingerprint density at radius 3 is 2.61 bits per heavy atom. The molecule has 6 heteroatoms. The smallest absolute Gasteiger partial charge is 0.250 e. The van der Waals surface area contributed by atoms with Gasteiger partial charge in [-0.05, 0) is 45.9 Å². The van der Waals surface area contributed by atoms with E-state index in [2.05, 4.69) is 5.32 Å². The maximum Gasteiger partial charge on any atom is 0.250 e. The highest BCUT2D eigenvalue weighted by Crippen LogP contribution is 2.38. The van der Waals surface area contributed by atoms with Crippen LogP contribution in [0.15, 0.2) is 48.5 Å². The fourth-order valence-corrected chi connectivity index (χ4v) is 4.15. The summed E-state index contributed by atoms with van der Waals surface area (Å²) in [5, 5.41) is 2.59. The predicted molar refractivity (Wildman–Crippen MR) is 115 cm³/mol. The number of para-hydroxylation sites is 3. The van der Waals surface area contributed by atoms with E-state index in [-0.39, 0.29) is 17.1 Å². The molecule has 0 spiro atoms. The fraction of sp³-hybridized carbons (Fsp3) is 0.364. The van der Waals surface area contributed by atoms with E-state index >= 15 is 0 Å². The van der Waals surface area contributed by atoms with Crippen molar-refractivity contribution in [3.63, 3.8) is 0 Å². The van der Waals surface area contributed by atoms with Gasteiger partial charge in [0.25, 0.3) is 0 Å². The first-order valence-electron chi connectivity index (χ1n) is 9.43. The number of hydrogen-bond acceptors (Lipinski definition) is 4. The van der Waals surface area contributed by atoms with E-state index < -0.39 is 5.54 Å². The number of carbonyl (C=O) groups excluding carboxylic acids is 2. The number of nitrogens with zero attached hydrogens (tertiary/aromatic N) is 1. The molecule has 0 aliphatic carbocycles. The number of carbonyl (C=O) groups is 2. The molecule has 0 saturated heterocycles. The first kappa shape index (κ1) is 20.3.